The average Bonchev–Trinajstić information content (AvgIpc) is 2.62. The minimum atomic E-state index is -0.491. The van der Waals surface area contributed by atoms with Gasteiger partial charge in [-0.05, 0) is 12.1 Å². The fourth-order valence-corrected chi connectivity index (χ4v) is 1.23. The van der Waals surface area contributed by atoms with Crippen LogP contribution in [0.1, 0.15) is 6.42 Å². The molecule has 1 aliphatic heterocycles. The lowest BCUT2D eigenvalue weighted by Gasteiger charge is -2.10. The Hall–Kier alpha value is -1.16. The van der Waals surface area contributed by atoms with Crippen LogP contribution in [-0.4, -0.2) is 24.3 Å². The summed E-state index contributed by atoms with van der Waals surface area (Å²) in [5.41, 5.74) is 0. The molecule has 2 heterocycles. The molecule has 1 aromatic heterocycles. The number of aromatic nitrogens is 1. The van der Waals surface area contributed by atoms with Gasteiger partial charge in [-0.3, -0.25) is 0 Å². The van der Waals surface area contributed by atoms with E-state index in [2.05, 4.69) is 4.98 Å². The number of hydrogen-bond acceptors (Lipinski definition) is 3. The Bertz CT molecular complexity index is 269. The standard InChI is InChI=1S/C9H10FNO2/c10-9-2-1-7(5-11-9)13-8-3-4-12-6-8/h1-2,5,8H,3-4,6H2. The summed E-state index contributed by atoms with van der Waals surface area (Å²) >= 11 is 0. The van der Waals surface area contributed by atoms with Crippen molar-refractivity contribution < 1.29 is 13.9 Å². The summed E-state index contributed by atoms with van der Waals surface area (Å²) < 4.78 is 23.0. The van der Waals surface area contributed by atoms with Gasteiger partial charge < -0.3 is 9.47 Å². The van der Waals surface area contributed by atoms with Gasteiger partial charge in [-0.2, -0.15) is 4.39 Å². The minimum absolute atomic E-state index is 0.0901. The summed E-state index contributed by atoms with van der Waals surface area (Å²) in [5.74, 6) is 0.104. The second-order valence-corrected chi connectivity index (χ2v) is 2.92. The molecular formula is C9H10FNO2. The Morgan fingerprint density at radius 2 is 2.46 bits per heavy atom. The molecule has 0 bridgehead atoms. The predicted octanol–water partition coefficient (Wildman–Crippen LogP) is 1.39. The van der Waals surface area contributed by atoms with Crippen molar-refractivity contribution in [1.82, 2.24) is 4.98 Å². The van der Waals surface area contributed by atoms with Gasteiger partial charge in [0.25, 0.3) is 0 Å². The number of pyridine rings is 1. The molecule has 70 valence electrons. The van der Waals surface area contributed by atoms with E-state index in [0.717, 1.165) is 13.0 Å². The van der Waals surface area contributed by atoms with Gasteiger partial charge in [0.05, 0.1) is 19.4 Å². The van der Waals surface area contributed by atoms with Gasteiger partial charge in [0.1, 0.15) is 11.9 Å². The first-order valence-corrected chi connectivity index (χ1v) is 4.20. The third-order valence-corrected chi connectivity index (χ3v) is 1.89. The molecule has 1 unspecified atom stereocenters. The maximum atomic E-state index is 12.4. The first kappa shape index (κ1) is 8.44. The molecule has 0 N–H and O–H groups in total. The Balaban J connectivity index is 1.97. The molecule has 0 spiro atoms. The van der Waals surface area contributed by atoms with Crippen LogP contribution in [-0.2, 0) is 4.74 Å². The lowest BCUT2D eigenvalue weighted by Crippen LogP contribution is -2.15. The van der Waals surface area contributed by atoms with Crippen molar-refractivity contribution >= 4 is 0 Å². The fourth-order valence-electron chi connectivity index (χ4n) is 1.23. The van der Waals surface area contributed by atoms with E-state index < -0.39 is 5.95 Å². The molecule has 0 aliphatic carbocycles. The Morgan fingerprint density at radius 3 is 3.08 bits per heavy atom. The predicted molar refractivity (Wildman–Crippen MR) is 44.0 cm³/mol. The van der Waals surface area contributed by atoms with E-state index >= 15 is 0 Å². The quantitative estimate of drug-likeness (QED) is 0.649. The van der Waals surface area contributed by atoms with Gasteiger partial charge in [0.2, 0.25) is 5.95 Å². The van der Waals surface area contributed by atoms with E-state index in [9.17, 15) is 4.39 Å². The van der Waals surface area contributed by atoms with Crippen LogP contribution in [0.4, 0.5) is 4.39 Å². The van der Waals surface area contributed by atoms with Crippen LogP contribution in [0.25, 0.3) is 0 Å². The maximum absolute atomic E-state index is 12.4. The highest BCUT2D eigenvalue weighted by Crippen LogP contribution is 2.15. The van der Waals surface area contributed by atoms with Gasteiger partial charge in [-0.1, -0.05) is 0 Å². The van der Waals surface area contributed by atoms with Gasteiger partial charge in [0.15, 0.2) is 0 Å². The molecule has 0 saturated carbocycles. The van der Waals surface area contributed by atoms with Crippen LogP contribution in [0.3, 0.4) is 0 Å². The number of ether oxygens (including phenoxy) is 2. The highest BCUT2D eigenvalue weighted by atomic mass is 19.1. The summed E-state index contributed by atoms with van der Waals surface area (Å²) in [6.07, 6.45) is 2.36. The van der Waals surface area contributed by atoms with Crippen molar-refractivity contribution in [2.45, 2.75) is 12.5 Å². The Kier molecular flexibility index (Phi) is 2.40. The lowest BCUT2D eigenvalue weighted by molar-refractivity contribution is 0.141. The molecule has 4 heteroatoms. The third-order valence-electron chi connectivity index (χ3n) is 1.89. The van der Waals surface area contributed by atoms with E-state index in [-0.39, 0.29) is 6.10 Å². The van der Waals surface area contributed by atoms with Gasteiger partial charge >= 0.3 is 0 Å². The van der Waals surface area contributed by atoms with E-state index in [4.69, 9.17) is 9.47 Å². The molecule has 1 aliphatic rings. The second-order valence-electron chi connectivity index (χ2n) is 2.92. The van der Waals surface area contributed by atoms with Crippen molar-refractivity contribution in [2.24, 2.45) is 0 Å². The van der Waals surface area contributed by atoms with E-state index in [0.29, 0.717) is 12.4 Å². The Morgan fingerprint density at radius 1 is 1.54 bits per heavy atom. The van der Waals surface area contributed by atoms with Crippen LogP contribution >= 0.6 is 0 Å². The third kappa shape index (κ3) is 2.15. The van der Waals surface area contributed by atoms with Crippen molar-refractivity contribution in [3.05, 3.63) is 24.3 Å². The fraction of sp³-hybridized carbons (Fsp3) is 0.444. The molecule has 1 saturated heterocycles. The van der Waals surface area contributed by atoms with Crippen molar-refractivity contribution in [2.75, 3.05) is 13.2 Å². The van der Waals surface area contributed by atoms with Gasteiger partial charge in [-0.25, -0.2) is 4.98 Å². The highest BCUT2D eigenvalue weighted by Gasteiger charge is 2.16. The van der Waals surface area contributed by atoms with Crippen LogP contribution in [0, 0.1) is 5.95 Å². The van der Waals surface area contributed by atoms with E-state index in [1.165, 1.54) is 12.3 Å². The number of rotatable bonds is 2. The van der Waals surface area contributed by atoms with E-state index in [1.54, 1.807) is 6.07 Å². The zero-order valence-corrected chi connectivity index (χ0v) is 7.07. The zero-order chi connectivity index (χ0) is 9.10. The largest absolute Gasteiger partial charge is 0.486 e. The topological polar surface area (TPSA) is 31.4 Å². The Labute approximate surface area is 75.5 Å². The zero-order valence-electron chi connectivity index (χ0n) is 7.07. The molecule has 13 heavy (non-hydrogen) atoms. The molecule has 3 nitrogen and oxygen atoms in total. The first-order chi connectivity index (χ1) is 6.34. The monoisotopic (exact) mass is 183 g/mol. The molecule has 1 fully saturated rings. The number of halogens is 1. The molecule has 1 aromatic rings. The van der Waals surface area contributed by atoms with Crippen LogP contribution < -0.4 is 4.74 Å². The smallest absolute Gasteiger partial charge is 0.213 e. The molecule has 2 rings (SSSR count). The van der Waals surface area contributed by atoms with Crippen LogP contribution in [0.5, 0.6) is 5.75 Å². The minimum Gasteiger partial charge on any atom is -0.486 e. The van der Waals surface area contributed by atoms with Crippen LogP contribution in [0.2, 0.25) is 0 Å². The summed E-state index contributed by atoms with van der Waals surface area (Å²) in [7, 11) is 0. The van der Waals surface area contributed by atoms with Crippen molar-refractivity contribution in [3.8, 4) is 5.75 Å². The normalized spacial score (nSPS) is 21.8. The summed E-state index contributed by atoms with van der Waals surface area (Å²) in [5, 5.41) is 0. The number of nitrogens with zero attached hydrogens (tertiary/aromatic N) is 1. The van der Waals surface area contributed by atoms with Crippen molar-refractivity contribution in [1.29, 1.82) is 0 Å². The molecule has 0 aromatic carbocycles. The molecule has 1 atom stereocenters. The highest BCUT2D eigenvalue weighted by molar-refractivity contribution is 5.16. The molecular weight excluding hydrogens is 173 g/mol. The molecule has 0 radical (unpaired) electrons. The second kappa shape index (κ2) is 3.70. The molecule has 0 amide bonds. The summed E-state index contributed by atoms with van der Waals surface area (Å²) in [6.45, 7) is 1.34. The first-order valence-electron chi connectivity index (χ1n) is 4.20. The maximum Gasteiger partial charge on any atom is 0.213 e. The van der Waals surface area contributed by atoms with Crippen LogP contribution in [0.15, 0.2) is 18.3 Å². The summed E-state index contributed by atoms with van der Waals surface area (Å²) in [6, 6.07) is 2.85. The number of hydrogen-bond donors (Lipinski definition) is 0. The summed E-state index contributed by atoms with van der Waals surface area (Å²) in [4.78, 5) is 3.49. The lowest BCUT2D eigenvalue weighted by atomic mass is 10.3. The van der Waals surface area contributed by atoms with Crippen molar-refractivity contribution in [3.63, 3.8) is 0 Å². The van der Waals surface area contributed by atoms with Gasteiger partial charge in [-0.15, -0.1) is 0 Å². The average molecular weight is 183 g/mol. The van der Waals surface area contributed by atoms with Gasteiger partial charge in [0, 0.05) is 6.42 Å². The SMILES string of the molecule is Fc1ccc(OC2CCOC2)cn1. The van der Waals surface area contributed by atoms with E-state index in [1.807, 2.05) is 0 Å².